The lowest BCUT2D eigenvalue weighted by Gasteiger charge is -2.31. The second-order valence-electron chi connectivity index (χ2n) is 5.57. The van der Waals surface area contributed by atoms with Gasteiger partial charge in [-0.2, -0.15) is 0 Å². The molecule has 3 nitrogen and oxygen atoms in total. The second kappa shape index (κ2) is 5.28. The van der Waals surface area contributed by atoms with Gasteiger partial charge < -0.3 is 9.90 Å². The van der Waals surface area contributed by atoms with Crippen molar-refractivity contribution < 1.29 is 9.90 Å². The van der Waals surface area contributed by atoms with Gasteiger partial charge in [0, 0.05) is 25.0 Å². The van der Waals surface area contributed by atoms with Crippen LogP contribution in [-0.2, 0) is 4.79 Å². The minimum atomic E-state index is -0.172. The molecule has 2 aliphatic rings. The van der Waals surface area contributed by atoms with Gasteiger partial charge in [0.25, 0.3) is 0 Å². The minimum Gasteiger partial charge on any atom is -0.392 e. The molecular weight excluding hydrogens is 202 g/mol. The fourth-order valence-corrected chi connectivity index (χ4v) is 3.15. The van der Waals surface area contributed by atoms with Crippen LogP contribution in [-0.4, -0.2) is 42.0 Å². The number of aldehydes is 1. The van der Waals surface area contributed by atoms with Crippen LogP contribution in [0.5, 0.6) is 0 Å². The normalized spacial score (nSPS) is 31.2. The third kappa shape index (κ3) is 2.83. The molecule has 92 valence electrons. The molecule has 1 aliphatic carbocycles. The van der Waals surface area contributed by atoms with E-state index >= 15 is 0 Å². The second-order valence-corrected chi connectivity index (χ2v) is 5.57. The lowest BCUT2D eigenvalue weighted by Crippen LogP contribution is -2.38. The summed E-state index contributed by atoms with van der Waals surface area (Å²) in [6.45, 7) is 2.58. The summed E-state index contributed by atoms with van der Waals surface area (Å²) in [6.07, 6.45) is 8.92. The van der Waals surface area contributed by atoms with Crippen molar-refractivity contribution in [1.29, 1.82) is 0 Å². The van der Waals surface area contributed by atoms with Gasteiger partial charge in [0.1, 0.15) is 6.29 Å². The minimum absolute atomic E-state index is 0.111. The van der Waals surface area contributed by atoms with Crippen molar-refractivity contribution in [3.05, 3.63) is 0 Å². The molecule has 0 aromatic carbocycles. The number of hydrogen-bond acceptors (Lipinski definition) is 3. The molecule has 3 heteroatoms. The molecule has 0 spiro atoms. The van der Waals surface area contributed by atoms with E-state index in [1.807, 2.05) is 0 Å². The average Bonchev–Trinajstić information content (AvgIpc) is 2.54. The first-order valence-corrected chi connectivity index (χ1v) is 6.61. The highest BCUT2D eigenvalue weighted by Crippen LogP contribution is 2.34. The number of hydrogen-bond donors (Lipinski definition) is 1. The summed E-state index contributed by atoms with van der Waals surface area (Å²) in [5.74, 6) is 0. The van der Waals surface area contributed by atoms with E-state index in [9.17, 15) is 9.90 Å². The van der Waals surface area contributed by atoms with E-state index in [1.54, 1.807) is 0 Å². The Hall–Kier alpha value is -0.410. The predicted molar refractivity (Wildman–Crippen MR) is 63.3 cm³/mol. The van der Waals surface area contributed by atoms with Gasteiger partial charge in [-0.15, -0.1) is 0 Å². The van der Waals surface area contributed by atoms with Crippen LogP contribution in [0.1, 0.15) is 44.9 Å². The van der Waals surface area contributed by atoms with Crippen molar-refractivity contribution in [2.75, 3.05) is 19.6 Å². The maximum atomic E-state index is 11.4. The molecule has 1 saturated carbocycles. The number of aliphatic hydroxyl groups is 1. The predicted octanol–water partition coefficient (Wildman–Crippen LogP) is 1.59. The third-order valence-electron chi connectivity index (χ3n) is 4.14. The Bertz CT molecular complexity index is 234. The van der Waals surface area contributed by atoms with E-state index in [1.165, 1.54) is 32.0 Å². The molecule has 1 atom stereocenters. The Balaban J connectivity index is 1.94. The van der Waals surface area contributed by atoms with E-state index in [-0.39, 0.29) is 11.5 Å². The zero-order valence-corrected chi connectivity index (χ0v) is 10.0. The molecule has 16 heavy (non-hydrogen) atoms. The van der Waals surface area contributed by atoms with Crippen LogP contribution in [0, 0.1) is 5.41 Å². The molecule has 0 aromatic heterocycles. The first-order valence-electron chi connectivity index (χ1n) is 6.61. The molecule has 0 amide bonds. The van der Waals surface area contributed by atoms with E-state index in [0.29, 0.717) is 0 Å². The van der Waals surface area contributed by atoms with Gasteiger partial charge in [0.15, 0.2) is 0 Å². The summed E-state index contributed by atoms with van der Waals surface area (Å²) >= 11 is 0. The molecule has 1 unspecified atom stereocenters. The van der Waals surface area contributed by atoms with E-state index in [2.05, 4.69) is 4.90 Å². The van der Waals surface area contributed by atoms with Gasteiger partial charge >= 0.3 is 0 Å². The molecule has 0 aromatic rings. The molecule has 1 N–H and O–H groups in total. The molecule has 1 saturated heterocycles. The Morgan fingerprint density at radius 3 is 2.44 bits per heavy atom. The van der Waals surface area contributed by atoms with Crippen LogP contribution in [0.2, 0.25) is 0 Å². The van der Waals surface area contributed by atoms with Crippen LogP contribution < -0.4 is 0 Å². The van der Waals surface area contributed by atoms with Crippen molar-refractivity contribution in [1.82, 2.24) is 4.90 Å². The van der Waals surface area contributed by atoms with Crippen LogP contribution in [0.15, 0.2) is 0 Å². The Kier molecular flexibility index (Phi) is 3.98. The molecule has 2 rings (SSSR count). The third-order valence-corrected chi connectivity index (χ3v) is 4.14. The van der Waals surface area contributed by atoms with Crippen molar-refractivity contribution >= 4 is 6.29 Å². The Morgan fingerprint density at radius 1 is 1.25 bits per heavy atom. The summed E-state index contributed by atoms with van der Waals surface area (Å²) < 4.78 is 0. The van der Waals surface area contributed by atoms with Gasteiger partial charge in [-0.1, -0.05) is 25.7 Å². The first kappa shape index (κ1) is 12.1. The SMILES string of the molecule is O=CC1(CN2CCC(O)C2)CCCCCC1. The molecule has 1 aliphatic heterocycles. The van der Waals surface area contributed by atoms with Gasteiger partial charge in [0.2, 0.25) is 0 Å². The molecule has 0 bridgehead atoms. The van der Waals surface area contributed by atoms with Gasteiger partial charge in [-0.05, 0) is 19.3 Å². The quantitative estimate of drug-likeness (QED) is 0.586. The largest absolute Gasteiger partial charge is 0.392 e. The van der Waals surface area contributed by atoms with Gasteiger partial charge in [-0.25, -0.2) is 0 Å². The van der Waals surface area contributed by atoms with Crippen LogP contribution in [0.25, 0.3) is 0 Å². The van der Waals surface area contributed by atoms with E-state index < -0.39 is 0 Å². The number of carbonyl (C=O) groups is 1. The summed E-state index contributed by atoms with van der Waals surface area (Å²) in [5, 5.41) is 9.51. The monoisotopic (exact) mass is 225 g/mol. The maximum absolute atomic E-state index is 11.4. The smallest absolute Gasteiger partial charge is 0.127 e. The first-order chi connectivity index (χ1) is 7.74. The number of β-amino-alcohol motifs (C(OH)–C–C–N with tert-alkyl or cyclic N) is 1. The number of likely N-dealkylation sites (tertiary alicyclic amines) is 1. The van der Waals surface area contributed by atoms with Crippen molar-refractivity contribution in [2.24, 2.45) is 5.41 Å². The molecular formula is C13H23NO2. The van der Waals surface area contributed by atoms with Gasteiger partial charge in [-0.3, -0.25) is 4.90 Å². The van der Waals surface area contributed by atoms with Crippen molar-refractivity contribution in [3.8, 4) is 0 Å². The average molecular weight is 225 g/mol. The van der Waals surface area contributed by atoms with Crippen LogP contribution >= 0.6 is 0 Å². The molecule has 0 radical (unpaired) electrons. The number of carbonyl (C=O) groups excluding carboxylic acids is 1. The van der Waals surface area contributed by atoms with Crippen molar-refractivity contribution in [2.45, 2.75) is 51.0 Å². The number of rotatable bonds is 3. The molecule has 1 heterocycles. The summed E-state index contributed by atoms with van der Waals surface area (Å²) in [6, 6.07) is 0. The fraction of sp³-hybridized carbons (Fsp3) is 0.923. The van der Waals surface area contributed by atoms with Gasteiger partial charge in [0.05, 0.1) is 6.10 Å². The highest BCUT2D eigenvalue weighted by atomic mass is 16.3. The number of nitrogens with zero attached hydrogens (tertiary/aromatic N) is 1. The number of aliphatic hydroxyl groups excluding tert-OH is 1. The fourth-order valence-electron chi connectivity index (χ4n) is 3.15. The van der Waals surface area contributed by atoms with Crippen LogP contribution in [0.4, 0.5) is 0 Å². The summed E-state index contributed by atoms with van der Waals surface area (Å²) in [5.41, 5.74) is -0.111. The standard InChI is InChI=1S/C13H23NO2/c15-11-13(6-3-1-2-4-7-13)10-14-8-5-12(16)9-14/h11-12,16H,1-10H2. The van der Waals surface area contributed by atoms with Crippen LogP contribution in [0.3, 0.4) is 0 Å². The highest BCUT2D eigenvalue weighted by molar-refractivity contribution is 5.59. The lowest BCUT2D eigenvalue weighted by atomic mass is 9.81. The molecule has 2 fully saturated rings. The zero-order valence-electron chi connectivity index (χ0n) is 10.0. The summed E-state index contributed by atoms with van der Waals surface area (Å²) in [7, 11) is 0. The topological polar surface area (TPSA) is 40.5 Å². The Labute approximate surface area is 97.8 Å². The Morgan fingerprint density at radius 2 is 1.94 bits per heavy atom. The van der Waals surface area contributed by atoms with E-state index in [0.717, 1.165) is 38.9 Å². The van der Waals surface area contributed by atoms with E-state index in [4.69, 9.17) is 0 Å². The maximum Gasteiger partial charge on any atom is 0.127 e. The summed E-state index contributed by atoms with van der Waals surface area (Å²) in [4.78, 5) is 13.7. The zero-order chi connectivity index (χ0) is 11.4. The van der Waals surface area contributed by atoms with Crippen molar-refractivity contribution in [3.63, 3.8) is 0 Å². The lowest BCUT2D eigenvalue weighted by molar-refractivity contribution is -0.118. The highest BCUT2D eigenvalue weighted by Gasteiger charge is 2.34.